The van der Waals surface area contributed by atoms with Gasteiger partial charge in [-0.2, -0.15) is 0 Å². The fraction of sp³-hybridized carbons (Fsp3) is 0.333. The molecule has 3 aromatic rings. The van der Waals surface area contributed by atoms with Gasteiger partial charge in [-0.1, -0.05) is 84.0 Å². The van der Waals surface area contributed by atoms with Gasteiger partial charge in [0.1, 0.15) is 12.6 Å². The van der Waals surface area contributed by atoms with Crippen LogP contribution in [-0.2, 0) is 26.2 Å². The molecule has 0 fully saturated rings. The number of hydrogen-bond donors (Lipinski definition) is 1. The Hall–Kier alpha value is -2.49. The van der Waals surface area contributed by atoms with E-state index in [4.69, 9.17) is 46.4 Å². The lowest BCUT2D eigenvalue weighted by Gasteiger charge is -2.34. The van der Waals surface area contributed by atoms with Gasteiger partial charge in [0.2, 0.25) is 11.8 Å². The van der Waals surface area contributed by atoms with Crippen LogP contribution in [0.1, 0.15) is 44.7 Å². The highest BCUT2D eigenvalue weighted by atomic mass is 35.5. The maximum Gasteiger partial charge on any atom is 0.264 e. The Balaban J connectivity index is 2.12. The SMILES string of the molecule is CC[C@H](C)NC(=O)[C@H](CC)N(Cc1ccc(Cl)c(Cl)c1)C(=O)CN(c1cc(Cl)ccc1Cl)S(=O)(=O)c1ccc(C)cc1. The first-order chi connectivity index (χ1) is 19.8. The van der Waals surface area contributed by atoms with Crippen LogP contribution in [0.15, 0.2) is 65.6 Å². The van der Waals surface area contributed by atoms with Gasteiger partial charge >= 0.3 is 0 Å². The van der Waals surface area contributed by atoms with E-state index in [1.54, 1.807) is 37.3 Å². The molecule has 42 heavy (non-hydrogen) atoms. The number of anilines is 1. The summed E-state index contributed by atoms with van der Waals surface area (Å²) >= 11 is 25.1. The third-order valence-corrected chi connectivity index (χ3v) is 9.86. The first-order valence-electron chi connectivity index (χ1n) is 13.4. The summed E-state index contributed by atoms with van der Waals surface area (Å²) in [5.74, 6) is -0.979. The van der Waals surface area contributed by atoms with Crippen molar-refractivity contribution in [1.29, 1.82) is 0 Å². The zero-order chi connectivity index (χ0) is 31.2. The van der Waals surface area contributed by atoms with Crippen LogP contribution in [0.4, 0.5) is 5.69 Å². The van der Waals surface area contributed by atoms with Crippen molar-refractivity contribution in [3.8, 4) is 0 Å². The molecule has 2 amide bonds. The third kappa shape index (κ3) is 8.32. The van der Waals surface area contributed by atoms with Gasteiger partial charge in [0, 0.05) is 17.6 Å². The van der Waals surface area contributed by atoms with Gasteiger partial charge in [-0.15, -0.1) is 0 Å². The molecule has 1 N–H and O–H groups in total. The van der Waals surface area contributed by atoms with Crippen molar-refractivity contribution >= 4 is 73.9 Å². The highest BCUT2D eigenvalue weighted by Gasteiger charge is 2.34. The Labute approximate surface area is 267 Å². The van der Waals surface area contributed by atoms with E-state index in [2.05, 4.69) is 5.32 Å². The van der Waals surface area contributed by atoms with Crippen LogP contribution < -0.4 is 9.62 Å². The highest BCUT2D eigenvalue weighted by Crippen LogP contribution is 2.33. The second-order valence-corrected chi connectivity index (χ2v) is 13.5. The second-order valence-electron chi connectivity index (χ2n) is 9.93. The number of carbonyl (C=O) groups excluding carboxylic acids is 2. The fourth-order valence-corrected chi connectivity index (χ4v) is 6.40. The fourth-order valence-electron chi connectivity index (χ4n) is 4.22. The smallest absolute Gasteiger partial charge is 0.264 e. The summed E-state index contributed by atoms with van der Waals surface area (Å²) in [6.45, 7) is 6.75. The molecule has 0 aromatic heterocycles. The maximum absolute atomic E-state index is 14.2. The molecular formula is C30H33Cl4N3O4S. The monoisotopic (exact) mass is 671 g/mol. The Morgan fingerprint density at radius 2 is 1.50 bits per heavy atom. The lowest BCUT2D eigenvalue weighted by Crippen LogP contribution is -2.53. The summed E-state index contributed by atoms with van der Waals surface area (Å²) in [6.07, 6.45) is 0.969. The zero-order valence-corrected chi connectivity index (χ0v) is 27.5. The average Bonchev–Trinajstić information content (AvgIpc) is 2.94. The first kappa shape index (κ1) is 34.0. The lowest BCUT2D eigenvalue weighted by atomic mass is 10.1. The molecule has 0 spiro atoms. The van der Waals surface area contributed by atoms with Crippen LogP contribution in [0.2, 0.25) is 20.1 Å². The number of nitrogens with zero attached hydrogens (tertiary/aromatic N) is 2. The molecule has 0 saturated carbocycles. The van der Waals surface area contributed by atoms with Crippen LogP contribution >= 0.6 is 46.4 Å². The average molecular weight is 673 g/mol. The Bertz CT molecular complexity index is 1530. The van der Waals surface area contributed by atoms with Gasteiger partial charge in [0.15, 0.2) is 0 Å². The van der Waals surface area contributed by atoms with Crippen molar-refractivity contribution in [2.45, 2.75) is 64.1 Å². The topological polar surface area (TPSA) is 86.8 Å². The summed E-state index contributed by atoms with van der Waals surface area (Å²) < 4.78 is 28.9. The van der Waals surface area contributed by atoms with Gasteiger partial charge in [-0.25, -0.2) is 8.42 Å². The number of benzene rings is 3. The third-order valence-electron chi connectivity index (χ3n) is 6.79. The molecule has 0 unspecified atom stereocenters. The van der Waals surface area contributed by atoms with Crippen LogP contribution in [-0.4, -0.2) is 43.8 Å². The van der Waals surface area contributed by atoms with Gasteiger partial charge in [-0.3, -0.25) is 13.9 Å². The number of hydrogen-bond acceptors (Lipinski definition) is 4. The predicted octanol–water partition coefficient (Wildman–Crippen LogP) is 7.53. The Kier molecular flexibility index (Phi) is 12.0. The van der Waals surface area contributed by atoms with Crippen molar-refractivity contribution in [2.75, 3.05) is 10.8 Å². The van der Waals surface area contributed by atoms with Crippen molar-refractivity contribution in [2.24, 2.45) is 0 Å². The summed E-state index contributed by atoms with van der Waals surface area (Å²) in [7, 11) is -4.30. The minimum atomic E-state index is -4.30. The molecule has 0 heterocycles. The molecule has 0 aliphatic rings. The van der Waals surface area contributed by atoms with E-state index in [0.29, 0.717) is 17.0 Å². The van der Waals surface area contributed by atoms with E-state index in [9.17, 15) is 18.0 Å². The molecule has 0 radical (unpaired) electrons. The summed E-state index contributed by atoms with van der Waals surface area (Å²) in [4.78, 5) is 28.9. The maximum atomic E-state index is 14.2. The van der Waals surface area contributed by atoms with Crippen LogP contribution in [0.5, 0.6) is 0 Å². The number of sulfonamides is 1. The number of nitrogens with one attached hydrogen (secondary N) is 1. The van der Waals surface area contributed by atoms with Crippen molar-refractivity contribution < 1.29 is 18.0 Å². The molecule has 3 aromatic carbocycles. The highest BCUT2D eigenvalue weighted by molar-refractivity contribution is 7.92. The van der Waals surface area contributed by atoms with Crippen molar-refractivity contribution in [3.05, 3.63) is 91.9 Å². The minimum Gasteiger partial charge on any atom is -0.352 e. The molecule has 7 nitrogen and oxygen atoms in total. The van der Waals surface area contributed by atoms with Gasteiger partial charge in [-0.05, 0) is 74.7 Å². The van der Waals surface area contributed by atoms with Crippen LogP contribution in [0.3, 0.4) is 0 Å². The van der Waals surface area contributed by atoms with Crippen LogP contribution in [0.25, 0.3) is 0 Å². The molecule has 0 aliphatic heterocycles. The van der Waals surface area contributed by atoms with Crippen LogP contribution in [0, 0.1) is 6.92 Å². The van der Waals surface area contributed by atoms with E-state index >= 15 is 0 Å². The summed E-state index contributed by atoms with van der Waals surface area (Å²) in [5.41, 5.74) is 1.51. The Morgan fingerprint density at radius 1 is 0.857 bits per heavy atom. The van der Waals surface area contributed by atoms with Crippen molar-refractivity contribution in [3.63, 3.8) is 0 Å². The molecule has 0 saturated heterocycles. The molecule has 0 bridgehead atoms. The van der Waals surface area contributed by atoms with Crippen molar-refractivity contribution in [1.82, 2.24) is 10.2 Å². The summed E-state index contributed by atoms with van der Waals surface area (Å²) in [5, 5.41) is 3.88. The van der Waals surface area contributed by atoms with E-state index in [-0.39, 0.29) is 50.6 Å². The molecule has 226 valence electrons. The zero-order valence-electron chi connectivity index (χ0n) is 23.7. The molecule has 12 heteroatoms. The minimum absolute atomic E-state index is 0.0240. The lowest BCUT2D eigenvalue weighted by molar-refractivity contribution is -0.140. The van der Waals surface area contributed by atoms with E-state index in [1.165, 1.54) is 35.2 Å². The number of rotatable bonds is 12. The summed E-state index contributed by atoms with van der Waals surface area (Å²) in [6, 6.07) is 14.5. The normalized spacial score (nSPS) is 12.9. The largest absolute Gasteiger partial charge is 0.352 e. The predicted molar refractivity (Wildman–Crippen MR) is 171 cm³/mol. The Morgan fingerprint density at radius 3 is 2.10 bits per heavy atom. The molecular weight excluding hydrogens is 640 g/mol. The number of halogens is 4. The van der Waals surface area contributed by atoms with E-state index in [0.717, 1.165) is 9.87 Å². The standard InChI is InChI=1S/C30H33Cl4N3O4S/c1-5-20(4)35-30(39)27(6-2)36(17-21-9-13-24(32)26(34)15-21)29(38)18-37(28-16-22(31)10-14-25(28)33)42(40,41)23-11-7-19(3)8-12-23/h7-16,20,27H,5-6,17-18H2,1-4H3,(H,35,39)/t20-,27-/m0/s1. The first-order valence-corrected chi connectivity index (χ1v) is 16.3. The van der Waals surface area contributed by atoms with E-state index < -0.39 is 28.5 Å². The molecule has 2 atom stereocenters. The van der Waals surface area contributed by atoms with E-state index in [1.807, 2.05) is 20.8 Å². The van der Waals surface area contributed by atoms with Gasteiger partial charge < -0.3 is 10.2 Å². The number of aryl methyl sites for hydroxylation is 1. The van der Waals surface area contributed by atoms with Gasteiger partial charge in [0.25, 0.3) is 10.0 Å². The molecule has 3 rings (SSSR count). The number of carbonyl (C=O) groups is 2. The van der Waals surface area contributed by atoms with Gasteiger partial charge in [0.05, 0.1) is 25.7 Å². The quantitative estimate of drug-likeness (QED) is 0.216. The second kappa shape index (κ2) is 14.8. The molecule has 0 aliphatic carbocycles. The number of amides is 2.